The Morgan fingerprint density at radius 2 is 1.69 bits per heavy atom. The number of halogens is 2. The van der Waals surface area contributed by atoms with E-state index in [2.05, 4.69) is 4.98 Å². The fraction of sp³-hybridized carbons (Fsp3) is 0.0833. The highest BCUT2D eigenvalue weighted by Crippen LogP contribution is 2.25. The number of aliphatic hydroxyl groups excluding tert-OH is 1. The maximum absolute atomic E-state index is 13.4. The van der Waals surface area contributed by atoms with Crippen LogP contribution < -0.4 is 0 Å². The Balaban J connectivity index is 2.46. The lowest BCUT2D eigenvalue weighted by Gasteiger charge is -2.11. The standard InChI is InChI=1S/C12H9F2NO/c13-8-4-3-5-9(14)11(8)12(16)10-6-1-2-7-15-10/h1-7,12,16H. The van der Waals surface area contributed by atoms with E-state index in [1.807, 2.05) is 0 Å². The van der Waals surface area contributed by atoms with E-state index in [1.54, 1.807) is 12.1 Å². The van der Waals surface area contributed by atoms with Gasteiger partial charge in [0, 0.05) is 6.20 Å². The Labute approximate surface area is 91.2 Å². The number of hydrogen-bond donors (Lipinski definition) is 1. The number of aliphatic hydroxyl groups is 1. The minimum atomic E-state index is -1.39. The fourth-order valence-corrected chi connectivity index (χ4v) is 1.46. The third-order valence-corrected chi connectivity index (χ3v) is 2.24. The van der Waals surface area contributed by atoms with E-state index in [9.17, 15) is 13.9 Å². The fourth-order valence-electron chi connectivity index (χ4n) is 1.46. The molecule has 1 unspecified atom stereocenters. The molecule has 0 fully saturated rings. The van der Waals surface area contributed by atoms with Crippen LogP contribution in [0.15, 0.2) is 42.6 Å². The first-order valence-electron chi connectivity index (χ1n) is 4.73. The highest BCUT2D eigenvalue weighted by atomic mass is 19.1. The van der Waals surface area contributed by atoms with E-state index in [4.69, 9.17) is 0 Å². The van der Waals surface area contributed by atoms with Crippen molar-refractivity contribution in [1.29, 1.82) is 0 Å². The maximum atomic E-state index is 13.4. The van der Waals surface area contributed by atoms with E-state index in [-0.39, 0.29) is 11.3 Å². The van der Waals surface area contributed by atoms with E-state index in [0.29, 0.717) is 0 Å². The summed E-state index contributed by atoms with van der Waals surface area (Å²) in [6.07, 6.45) is 0.0690. The predicted molar refractivity (Wildman–Crippen MR) is 54.7 cm³/mol. The van der Waals surface area contributed by atoms with Crippen molar-refractivity contribution in [3.05, 3.63) is 65.5 Å². The van der Waals surface area contributed by atoms with Crippen LogP contribution in [0.25, 0.3) is 0 Å². The van der Waals surface area contributed by atoms with Crippen LogP contribution in [0.5, 0.6) is 0 Å². The first-order chi connectivity index (χ1) is 7.70. The second-order valence-electron chi connectivity index (χ2n) is 3.29. The van der Waals surface area contributed by atoms with Crippen molar-refractivity contribution in [3.8, 4) is 0 Å². The van der Waals surface area contributed by atoms with Crippen molar-refractivity contribution in [2.24, 2.45) is 0 Å². The van der Waals surface area contributed by atoms with Crippen LogP contribution in [0.3, 0.4) is 0 Å². The van der Waals surface area contributed by atoms with Crippen molar-refractivity contribution in [2.45, 2.75) is 6.10 Å². The zero-order valence-electron chi connectivity index (χ0n) is 8.27. The largest absolute Gasteiger partial charge is 0.382 e. The van der Waals surface area contributed by atoms with Gasteiger partial charge in [0.15, 0.2) is 0 Å². The molecule has 2 nitrogen and oxygen atoms in total. The molecule has 0 aliphatic heterocycles. The maximum Gasteiger partial charge on any atom is 0.132 e. The first-order valence-corrected chi connectivity index (χ1v) is 4.73. The summed E-state index contributed by atoms with van der Waals surface area (Å²) in [6.45, 7) is 0. The summed E-state index contributed by atoms with van der Waals surface area (Å²) in [4.78, 5) is 3.85. The summed E-state index contributed by atoms with van der Waals surface area (Å²) >= 11 is 0. The molecule has 0 spiro atoms. The third-order valence-electron chi connectivity index (χ3n) is 2.24. The Morgan fingerprint density at radius 1 is 1.00 bits per heavy atom. The van der Waals surface area contributed by atoms with Crippen molar-refractivity contribution in [3.63, 3.8) is 0 Å². The summed E-state index contributed by atoms with van der Waals surface area (Å²) < 4.78 is 26.7. The lowest BCUT2D eigenvalue weighted by molar-refractivity contribution is 0.204. The van der Waals surface area contributed by atoms with Gasteiger partial charge < -0.3 is 5.11 Å². The molecule has 0 saturated heterocycles. The molecule has 82 valence electrons. The minimum Gasteiger partial charge on any atom is -0.382 e. The summed E-state index contributed by atoms with van der Waals surface area (Å²) in [5.74, 6) is -1.56. The number of pyridine rings is 1. The molecule has 0 aliphatic carbocycles. The smallest absolute Gasteiger partial charge is 0.132 e. The van der Waals surface area contributed by atoms with Crippen LogP contribution in [0, 0.1) is 11.6 Å². The van der Waals surface area contributed by atoms with Gasteiger partial charge in [0.05, 0.1) is 11.3 Å². The third kappa shape index (κ3) is 1.92. The molecule has 2 aromatic rings. The van der Waals surface area contributed by atoms with Crippen molar-refractivity contribution < 1.29 is 13.9 Å². The molecule has 1 aromatic carbocycles. The lowest BCUT2D eigenvalue weighted by atomic mass is 10.0. The monoisotopic (exact) mass is 221 g/mol. The molecule has 0 radical (unpaired) electrons. The van der Waals surface area contributed by atoms with E-state index in [1.165, 1.54) is 18.3 Å². The number of nitrogens with zero attached hydrogens (tertiary/aromatic N) is 1. The van der Waals surface area contributed by atoms with Crippen molar-refractivity contribution in [1.82, 2.24) is 4.98 Å². The zero-order valence-corrected chi connectivity index (χ0v) is 8.27. The SMILES string of the molecule is OC(c1ccccn1)c1c(F)cccc1F. The molecule has 2 rings (SSSR count). The quantitative estimate of drug-likeness (QED) is 0.844. The van der Waals surface area contributed by atoms with Gasteiger partial charge in [-0.2, -0.15) is 0 Å². The summed E-state index contributed by atoms with van der Waals surface area (Å²) in [5, 5.41) is 9.81. The Kier molecular flexibility index (Phi) is 2.92. The van der Waals surface area contributed by atoms with Gasteiger partial charge in [-0.05, 0) is 24.3 Å². The second-order valence-corrected chi connectivity index (χ2v) is 3.29. The van der Waals surface area contributed by atoms with Crippen LogP contribution in [0.4, 0.5) is 8.78 Å². The molecular formula is C12H9F2NO. The minimum absolute atomic E-state index is 0.214. The molecule has 1 atom stereocenters. The summed E-state index contributed by atoms with van der Waals surface area (Å²) in [7, 11) is 0. The van der Waals surface area contributed by atoms with Crippen LogP contribution in [0.1, 0.15) is 17.4 Å². The molecule has 1 heterocycles. The van der Waals surface area contributed by atoms with Gasteiger partial charge in [0.1, 0.15) is 17.7 Å². The number of aromatic nitrogens is 1. The molecule has 4 heteroatoms. The average molecular weight is 221 g/mol. The number of benzene rings is 1. The number of hydrogen-bond acceptors (Lipinski definition) is 2. The zero-order chi connectivity index (χ0) is 11.5. The molecule has 0 amide bonds. The van der Waals surface area contributed by atoms with Crippen LogP contribution in [-0.2, 0) is 0 Å². The average Bonchev–Trinajstić information content (AvgIpc) is 2.30. The molecule has 1 aromatic heterocycles. The molecule has 16 heavy (non-hydrogen) atoms. The van der Waals surface area contributed by atoms with Crippen molar-refractivity contribution in [2.75, 3.05) is 0 Å². The van der Waals surface area contributed by atoms with Gasteiger partial charge in [-0.25, -0.2) is 8.78 Å². The van der Waals surface area contributed by atoms with Gasteiger partial charge in [0.25, 0.3) is 0 Å². The predicted octanol–water partition coefficient (Wildman–Crippen LogP) is 2.44. The molecule has 0 aliphatic rings. The molecule has 0 saturated carbocycles. The van der Waals surface area contributed by atoms with Gasteiger partial charge in [0.2, 0.25) is 0 Å². The van der Waals surface area contributed by atoms with Gasteiger partial charge >= 0.3 is 0 Å². The van der Waals surface area contributed by atoms with Crippen LogP contribution in [0.2, 0.25) is 0 Å². The molecular weight excluding hydrogens is 212 g/mol. The van der Waals surface area contributed by atoms with E-state index < -0.39 is 17.7 Å². The lowest BCUT2D eigenvalue weighted by Crippen LogP contribution is -2.07. The van der Waals surface area contributed by atoms with E-state index in [0.717, 1.165) is 12.1 Å². The Hall–Kier alpha value is -1.81. The highest BCUT2D eigenvalue weighted by Gasteiger charge is 2.19. The van der Waals surface area contributed by atoms with Crippen molar-refractivity contribution >= 4 is 0 Å². The second kappa shape index (κ2) is 4.37. The van der Waals surface area contributed by atoms with Crippen LogP contribution >= 0.6 is 0 Å². The molecule has 0 bridgehead atoms. The normalized spacial score (nSPS) is 12.4. The highest BCUT2D eigenvalue weighted by molar-refractivity contribution is 5.28. The van der Waals surface area contributed by atoms with Gasteiger partial charge in [-0.15, -0.1) is 0 Å². The van der Waals surface area contributed by atoms with Gasteiger partial charge in [-0.1, -0.05) is 12.1 Å². The molecule has 1 N–H and O–H groups in total. The Bertz CT molecular complexity index is 467. The van der Waals surface area contributed by atoms with Gasteiger partial charge in [-0.3, -0.25) is 4.98 Å². The Morgan fingerprint density at radius 3 is 2.25 bits per heavy atom. The first kappa shape index (κ1) is 10.7. The van der Waals surface area contributed by atoms with E-state index >= 15 is 0 Å². The topological polar surface area (TPSA) is 33.1 Å². The summed E-state index contributed by atoms with van der Waals surface area (Å²) in [5.41, 5.74) is -0.160. The number of rotatable bonds is 2. The van der Waals surface area contributed by atoms with Crippen LogP contribution in [-0.4, -0.2) is 10.1 Å². The summed E-state index contributed by atoms with van der Waals surface area (Å²) in [6, 6.07) is 8.27.